The lowest BCUT2D eigenvalue weighted by atomic mass is 10.1. The summed E-state index contributed by atoms with van der Waals surface area (Å²) >= 11 is 0. The molecule has 0 radical (unpaired) electrons. The first-order valence-electron chi connectivity index (χ1n) is 9.49. The van der Waals surface area contributed by atoms with E-state index in [-0.39, 0.29) is 5.56 Å². The van der Waals surface area contributed by atoms with Crippen molar-refractivity contribution in [2.45, 2.75) is 19.3 Å². The van der Waals surface area contributed by atoms with Crippen LogP contribution in [0.15, 0.2) is 30.2 Å². The maximum absolute atomic E-state index is 7.88. The second-order valence-electron chi connectivity index (χ2n) is 2.66. The number of hydrogen-bond acceptors (Lipinski definition) is 1. The van der Waals surface area contributed by atoms with E-state index in [1.54, 1.807) is 0 Å². The van der Waals surface area contributed by atoms with E-state index < -0.39 is 63.0 Å². The summed E-state index contributed by atoms with van der Waals surface area (Å²) in [5, 5.41) is 0. The molecular weight excluding hydrogens is 170 g/mol. The van der Waals surface area contributed by atoms with Crippen LogP contribution in [0.25, 0.3) is 0 Å². The van der Waals surface area contributed by atoms with Crippen molar-refractivity contribution >= 4 is 0 Å². The van der Waals surface area contributed by atoms with Gasteiger partial charge in [0.2, 0.25) is 0 Å². The van der Waals surface area contributed by atoms with E-state index in [9.17, 15) is 0 Å². The van der Waals surface area contributed by atoms with Gasteiger partial charge in [0.05, 0.1) is 13.4 Å². The first-order chi connectivity index (χ1) is 11.2. The van der Waals surface area contributed by atoms with Gasteiger partial charge in [0.1, 0.15) is 0 Å². The zero-order valence-corrected chi connectivity index (χ0v) is 7.52. The topological polar surface area (TPSA) is 3.24 Å². The van der Waals surface area contributed by atoms with Gasteiger partial charge in [-0.15, -0.1) is 6.42 Å². The van der Waals surface area contributed by atoms with Crippen LogP contribution in [0.2, 0.25) is 0 Å². The van der Waals surface area contributed by atoms with E-state index in [1.165, 1.54) is 0 Å². The molecule has 74 valence electrons. The zero-order chi connectivity index (χ0) is 19.7. The summed E-state index contributed by atoms with van der Waals surface area (Å²) in [4.78, 5) is 0.612. The fourth-order valence-corrected chi connectivity index (χ4v) is 0.890. The van der Waals surface area contributed by atoms with Crippen LogP contribution in [0.4, 0.5) is 0 Å². The van der Waals surface area contributed by atoms with Crippen LogP contribution in [0, 0.1) is 12.3 Å². The molecule has 0 saturated carbocycles. The number of rotatable bonds is 4. The number of hydrogen-bond donors (Lipinski definition) is 0. The molecule has 1 heteroatoms. The average Bonchev–Trinajstić information content (AvgIpc) is 2.47. The summed E-state index contributed by atoms with van der Waals surface area (Å²) in [5.74, 6) is 2.09. The molecular formula is C13H17N. The van der Waals surface area contributed by atoms with E-state index in [0.29, 0.717) is 4.90 Å². The third kappa shape index (κ3) is 3.24. The molecule has 0 aliphatic rings. The molecule has 0 aromatic heterocycles. The minimum absolute atomic E-state index is 0.265. The van der Waals surface area contributed by atoms with E-state index in [2.05, 4.69) is 5.92 Å². The van der Waals surface area contributed by atoms with Gasteiger partial charge in [0, 0.05) is 14.3 Å². The summed E-state index contributed by atoms with van der Waals surface area (Å²) in [6.07, 6.45) is 4.57. The Balaban J connectivity index is 3.51. The Hall–Kier alpha value is -1.26. The fraction of sp³-hybridized carbons (Fsp3) is 0.385. The second kappa shape index (κ2) is 5.47. The maximum atomic E-state index is 7.88. The molecule has 1 atom stereocenters. The number of likely N-dealkylation sites (N-methyl/N-ethyl adjacent to an activating group) is 1. The number of benzene rings is 1. The van der Waals surface area contributed by atoms with Crippen molar-refractivity contribution < 1.29 is 15.1 Å². The standard InChI is InChI=1S/C13H17N/c1-4-10-14(3)12(2)11-13-8-6-5-7-9-13/h1,5-9,12H,10-11H2,2-3H3/t12-/m1/s1/i2D3,3D3,5D,6D,7D,8D,9D. The molecule has 0 unspecified atom stereocenters. The minimum atomic E-state index is -2.82. The highest BCUT2D eigenvalue weighted by molar-refractivity contribution is 5.15. The first kappa shape index (κ1) is 3.12. The van der Waals surface area contributed by atoms with Crippen LogP contribution in [-0.4, -0.2) is 24.5 Å². The van der Waals surface area contributed by atoms with Crippen LogP contribution in [0.1, 0.15) is 27.5 Å². The largest absolute Gasteiger partial charge is 0.292 e. The SMILES string of the molecule is [2H]c1c([2H])c([2H])c(C[C@H](N(CC#C)C([2H])([2H])[2H])C([2H])([2H])[2H])c([2H])c1[2H]. The van der Waals surface area contributed by atoms with Gasteiger partial charge in [-0.05, 0) is 25.8 Å². The van der Waals surface area contributed by atoms with Gasteiger partial charge in [0.25, 0.3) is 0 Å². The van der Waals surface area contributed by atoms with Gasteiger partial charge < -0.3 is 0 Å². The molecule has 0 heterocycles. The number of terminal acetylenes is 1. The third-order valence-corrected chi connectivity index (χ3v) is 1.59. The Morgan fingerprint density at radius 2 is 2.36 bits per heavy atom. The van der Waals surface area contributed by atoms with Crippen molar-refractivity contribution in [3.05, 3.63) is 35.8 Å². The van der Waals surface area contributed by atoms with E-state index in [1.807, 2.05) is 0 Å². The molecule has 0 aliphatic carbocycles. The Morgan fingerprint density at radius 1 is 1.57 bits per heavy atom. The molecule has 0 fully saturated rings. The Morgan fingerprint density at radius 3 is 2.93 bits per heavy atom. The van der Waals surface area contributed by atoms with Crippen molar-refractivity contribution in [1.82, 2.24) is 4.90 Å². The molecule has 14 heavy (non-hydrogen) atoms. The lowest BCUT2D eigenvalue weighted by molar-refractivity contribution is 0.287. The van der Waals surface area contributed by atoms with Crippen molar-refractivity contribution in [2.75, 3.05) is 13.5 Å². The van der Waals surface area contributed by atoms with Gasteiger partial charge >= 0.3 is 0 Å². The molecule has 0 spiro atoms. The number of nitrogens with zero attached hydrogens (tertiary/aromatic N) is 1. The zero-order valence-electron chi connectivity index (χ0n) is 18.5. The normalized spacial score (nSPS) is 25.6. The molecule has 0 aliphatic heterocycles. The summed E-state index contributed by atoms with van der Waals surface area (Å²) in [5.41, 5.74) is -0.265. The highest BCUT2D eigenvalue weighted by Gasteiger charge is 2.07. The molecule has 1 rings (SSSR count). The Bertz CT molecular complexity index is 654. The predicted molar refractivity (Wildman–Crippen MR) is 61.1 cm³/mol. The van der Waals surface area contributed by atoms with Gasteiger partial charge in [0.15, 0.2) is 0 Å². The Kier molecular flexibility index (Phi) is 1.22. The fourth-order valence-electron chi connectivity index (χ4n) is 0.890. The second-order valence-corrected chi connectivity index (χ2v) is 2.66. The van der Waals surface area contributed by atoms with Crippen molar-refractivity contribution in [3.8, 4) is 12.3 Å². The lowest BCUT2D eigenvalue weighted by Gasteiger charge is -2.22. The maximum Gasteiger partial charge on any atom is 0.0626 e. The summed E-state index contributed by atoms with van der Waals surface area (Å²) in [6, 6.07) is -4.60. The molecule has 1 aromatic rings. The summed E-state index contributed by atoms with van der Waals surface area (Å²) in [6.45, 7) is -6.11. The molecule has 1 nitrogen and oxygen atoms in total. The van der Waals surface area contributed by atoms with E-state index >= 15 is 0 Å². The van der Waals surface area contributed by atoms with Crippen LogP contribution < -0.4 is 0 Å². The van der Waals surface area contributed by atoms with Crippen LogP contribution in [0.3, 0.4) is 0 Å². The van der Waals surface area contributed by atoms with Crippen molar-refractivity contribution in [3.63, 3.8) is 0 Å². The monoisotopic (exact) mass is 198 g/mol. The van der Waals surface area contributed by atoms with Crippen LogP contribution >= 0.6 is 0 Å². The average molecular weight is 198 g/mol. The highest BCUT2D eigenvalue weighted by Crippen LogP contribution is 2.06. The van der Waals surface area contributed by atoms with Crippen molar-refractivity contribution in [2.24, 2.45) is 0 Å². The third-order valence-electron chi connectivity index (χ3n) is 1.59. The van der Waals surface area contributed by atoms with Crippen LogP contribution in [0.5, 0.6) is 0 Å². The minimum Gasteiger partial charge on any atom is -0.292 e. The summed E-state index contributed by atoms with van der Waals surface area (Å²) < 4.78 is 84.0. The first-order valence-corrected chi connectivity index (χ1v) is 3.99. The molecule has 1 aromatic carbocycles. The Labute approximate surface area is 102 Å². The van der Waals surface area contributed by atoms with Gasteiger partial charge in [-0.1, -0.05) is 36.1 Å². The molecule has 0 bridgehead atoms. The molecule has 0 saturated heterocycles. The van der Waals surface area contributed by atoms with E-state index in [0.717, 1.165) is 0 Å². The van der Waals surface area contributed by atoms with Crippen LogP contribution in [-0.2, 0) is 6.42 Å². The summed E-state index contributed by atoms with van der Waals surface area (Å²) in [7, 11) is 0. The van der Waals surface area contributed by atoms with Gasteiger partial charge in [-0.3, -0.25) is 4.90 Å². The molecule has 0 N–H and O–H groups in total. The lowest BCUT2D eigenvalue weighted by Crippen LogP contribution is -2.31. The van der Waals surface area contributed by atoms with Gasteiger partial charge in [-0.25, -0.2) is 0 Å². The smallest absolute Gasteiger partial charge is 0.0626 e. The quantitative estimate of drug-likeness (QED) is 0.670. The highest BCUT2D eigenvalue weighted by atomic mass is 15.1. The van der Waals surface area contributed by atoms with Crippen molar-refractivity contribution in [1.29, 1.82) is 0 Å². The van der Waals surface area contributed by atoms with Gasteiger partial charge in [-0.2, -0.15) is 0 Å². The molecule has 0 amide bonds. The van der Waals surface area contributed by atoms with E-state index in [4.69, 9.17) is 21.5 Å². The predicted octanol–water partition coefficient (Wildman–Crippen LogP) is 2.18.